The van der Waals surface area contributed by atoms with Crippen molar-refractivity contribution in [3.05, 3.63) is 400 Å². The Morgan fingerprint density at radius 2 is 0.491 bits per heavy atom. The summed E-state index contributed by atoms with van der Waals surface area (Å²) in [4.78, 5) is 10.8. The lowest BCUT2D eigenvalue weighted by molar-refractivity contribution is 1.10. The first-order valence-electron chi connectivity index (χ1n) is 36.4. The second-order valence-corrected chi connectivity index (χ2v) is 27.4. The molecule has 0 saturated carbocycles. The number of imidazole rings is 2. The van der Waals surface area contributed by atoms with Gasteiger partial charge in [0.1, 0.15) is 11.6 Å². The Morgan fingerprint density at radius 1 is 0.170 bits per heavy atom. The number of fused-ring (bicyclic) bond motifs is 6. The highest BCUT2D eigenvalue weighted by molar-refractivity contribution is 6.24. The standard InChI is InChI=1S/C102H66N4/c1-6-27-67(28-7-1)76-57-63-81(68-29-8-2-9-30-68)92(65-76)99-89-43-22-20-41-87(89)97(88-42-21-23-44-90(88)99)73-55-61-79(62-56-73)106-95-48-26-45-82(100(95)104-102(106)75-35-14-5-15-36-75)71-51-49-70(50-52-71)80-64-58-77(66-91(80)69-31-10-3-11-32-69)98-85-39-18-16-37-83(85)96(84-38-17-19-40-86(84)98)72-53-59-78(60-54-72)105-94-47-25-24-46-93(94)103-101(105)74-33-12-4-13-34-74/h1-66H. The van der Waals surface area contributed by atoms with Gasteiger partial charge in [0, 0.05) is 28.1 Å². The molecule has 2 aromatic heterocycles. The highest BCUT2D eigenvalue weighted by Gasteiger charge is 2.25. The van der Waals surface area contributed by atoms with Crippen LogP contribution >= 0.6 is 0 Å². The summed E-state index contributed by atoms with van der Waals surface area (Å²) in [5, 5.41) is 9.66. The smallest absolute Gasteiger partial charge is 0.145 e. The minimum Gasteiger partial charge on any atom is -0.292 e. The van der Waals surface area contributed by atoms with Crippen LogP contribution in [0.2, 0.25) is 0 Å². The van der Waals surface area contributed by atoms with E-state index in [1.54, 1.807) is 0 Å². The van der Waals surface area contributed by atoms with Crippen molar-refractivity contribution < 1.29 is 0 Å². The Balaban J connectivity index is 0.664. The lowest BCUT2D eigenvalue weighted by Gasteiger charge is -2.21. The van der Waals surface area contributed by atoms with Gasteiger partial charge in [-0.15, -0.1) is 0 Å². The van der Waals surface area contributed by atoms with E-state index in [-0.39, 0.29) is 0 Å². The molecule has 20 aromatic rings. The van der Waals surface area contributed by atoms with Gasteiger partial charge in [0.05, 0.1) is 22.1 Å². The second kappa shape index (κ2) is 26.1. The number of aromatic nitrogens is 4. The minimum absolute atomic E-state index is 0.884. The summed E-state index contributed by atoms with van der Waals surface area (Å²) in [5.41, 5.74) is 29.3. The van der Waals surface area contributed by atoms with E-state index < -0.39 is 0 Å². The number of hydrogen-bond acceptors (Lipinski definition) is 2. The Hall–Kier alpha value is -14.1. The average molecular weight is 1350 g/mol. The van der Waals surface area contributed by atoms with Gasteiger partial charge in [-0.05, 0) is 192 Å². The lowest BCUT2D eigenvalue weighted by Crippen LogP contribution is -1.98. The number of rotatable bonds is 13. The highest BCUT2D eigenvalue weighted by Crippen LogP contribution is 2.50. The molecule has 0 saturated heterocycles. The Bertz CT molecular complexity index is 6630. The van der Waals surface area contributed by atoms with Gasteiger partial charge in [0.2, 0.25) is 0 Å². The summed E-state index contributed by atoms with van der Waals surface area (Å²) in [5.74, 6) is 1.81. The summed E-state index contributed by atoms with van der Waals surface area (Å²) in [6.45, 7) is 0. The highest BCUT2D eigenvalue weighted by atomic mass is 15.1. The summed E-state index contributed by atoms with van der Waals surface area (Å²) in [6, 6.07) is 146. The van der Waals surface area contributed by atoms with Gasteiger partial charge in [0.25, 0.3) is 0 Å². The van der Waals surface area contributed by atoms with E-state index in [9.17, 15) is 0 Å². The number of nitrogens with zero attached hydrogens (tertiary/aromatic N) is 4. The average Bonchev–Trinajstić information content (AvgIpc) is 1.04. The largest absolute Gasteiger partial charge is 0.292 e. The van der Waals surface area contributed by atoms with Crippen LogP contribution in [0.15, 0.2) is 400 Å². The maximum atomic E-state index is 5.62. The van der Waals surface area contributed by atoms with E-state index >= 15 is 0 Å². The van der Waals surface area contributed by atoms with Crippen LogP contribution in [0, 0.1) is 0 Å². The normalized spacial score (nSPS) is 11.6. The van der Waals surface area contributed by atoms with Crippen LogP contribution in [0.1, 0.15) is 0 Å². The maximum absolute atomic E-state index is 5.62. The molecule has 0 atom stereocenters. The molecular formula is C102H66N4. The lowest BCUT2D eigenvalue weighted by atomic mass is 9.83. The van der Waals surface area contributed by atoms with Gasteiger partial charge in [-0.25, -0.2) is 9.97 Å². The first-order valence-corrected chi connectivity index (χ1v) is 36.4. The van der Waals surface area contributed by atoms with Crippen molar-refractivity contribution in [2.24, 2.45) is 0 Å². The molecule has 4 heteroatoms. The van der Waals surface area contributed by atoms with E-state index in [1.165, 1.54) is 98.7 Å². The van der Waals surface area contributed by atoms with Gasteiger partial charge in [-0.1, -0.05) is 346 Å². The third-order valence-electron chi connectivity index (χ3n) is 21.4. The van der Waals surface area contributed by atoms with Gasteiger partial charge < -0.3 is 0 Å². The number of hydrogen-bond donors (Lipinski definition) is 0. The van der Waals surface area contributed by atoms with Gasteiger partial charge in [-0.3, -0.25) is 9.13 Å². The van der Waals surface area contributed by atoms with Crippen molar-refractivity contribution in [2.45, 2.75) is 0 Å². The zero-order valence-corrected chi connectivity index (χ0v) is 57.9. The van der Waals surface area contributed by atoms with E-state index in [2.05, 4.69) is 410 Å². The van der Waals surface area contributed by atoms with Crippen molar-refractivity contribution in [1.29, 1.82) is 0 Å². The molecule has 0 spiro atoms. The van der Waals surface area contributed by atoms with E-state index in [1.807, 2.05) is 0 Å². The van der Waals surface area contributed by atoms with Crippen LogP contribution in [-0.2, 0) is 0 Å². The topological polar surface area (TPSA) is 35.6 Å². The maximum Gasteiger partial charge on any atom is 0.145 e. The first-order chi connectivity index (χ1) is 52.6. The van der Waals surface area contributed by atoms with E-state index in [0.29, 0.717) is 0 Å². The van der Waals surface area contributed by atoms with Gasteiger partial charge in [0.15, 0.2) is 0 Å². The zero-order chi connectivity index (χ0) is 70.0. The Labute approximate surface area is 615 Å². The molecule has 4 nitrogen and oxygen atoms in total. The minimum atomic E-state index is 0.884. The van der Waals surface area contributed by atoms with Crippen molar-refractivity contribution in [1.82, 2.24) is 19.1 Å². The fourth-order valence-corrected chi connectivity index (χ4v) is 16.5. The molecule has 20 rings (SSSR count). The van der Waals surface area contributed by atoms with Crippen LogP contribution in [-0.4, -0.2) is 19.1 Å². The van der Waals surface area contributed by atoms with Crippen LogP contribution in [0.5, 0.6) is 0 Å². The van der Waals surface area contributed by atoms with E-state index in [0.717, 1.165) is 101 Å². The molecule has 0 radical (unpaired) electrons. The van der Waals surface area contributed by atoms with Crippen LogP contribution in [0.25, 0.3) is 199 Å². The van der Waals surface area contributed by atoms with Crippen LogP contribution in [0.4, 0.5) is 0 Å². The molecule has 0 unspecified atom stereocenters. The molecule has 0 bridgehead atoms. The predicted molar refractivity (Wildman–Crippen MR) is 446 cm³/mol. The number of para-hydroxylation sites is 3. The molecule has 106 heavy (non-hydrogen) atoms. The van der Waals surface area contributed by atoms with Crippen LogP contribution in [0.3, 0.4) is 0 Å². The molecule has 2 heterocycles. The van der Waals surface area contributed by atoms with Crippen molar-refractivity contribution >= 4 is 65.2 Å². The molecule has 494 valence electrons. The molecule has 18 aromatic carbocycles. The Morgan fingerprint density at radius 3 is 0.981 bits per heavy atom. The van der Waals surface area contributed by atoms with Crippen molar-refractivity contribution in [2.75, 3.05) is 0 Å². The predicted octanol–water partition coefficient (Wildman–Crippen LogP) is 27.3. The third kappa shape index (κ3) is 10.6. The summed E-state index contributed by atoms with van der Waals surface area (Å²) in [6.07, 6.45) is 0. The summed E-state index contributed by atoms with van der Waals surface area (Å²) < 4.78 is 4.62. The third-order valence-corrected chi connectivity index (χ3v) is 21.4. The second-order valence-electron chi connectivity index (χ2n) is 27.4. The first kappa shape index (κ1) is 61.8. The van der Waals surface area contributed by atoms with Gasteiger partial charge >= 0.3 is 0 Å². The Kier molecular flexibility index (Phi) is 15.2. The number of benzene rings is 18. The van der Waals surface area contributed by atoms with E-state index in [4.69, 9.17) is 9.97 Å². The fraction of sp³-hybridized carbons (Fsp3) is 0. The molecular weight excluding hydrogens is 1280 g/mol. The van der Waals surface area contributed by atoms with Gasteiger partial charge in [-0.2, -0.15) is 0 Å². The molecule has 0 aliphatic rings. The SMILES string of the molecule is c1ccc(-c2ccc(-c3ccccc3)c(-c3c4ccccc4c(-c4ccc(-n5c(-c6ccccc6)nc6c(-c7ccc(-c8ccc(-c9c%10ccccc%10c(-c%10ccc(-n%11c(-c%12ccccc%12)nc%12ccccc%12%11)cc%10)c%10ccccc9%10)cc8-c8ccccc8)cc7)cccc65)cc4)c4ccccc34)c2)cc1. The van der Waals surface area contributed by atoms with Crippen LogP contribution < -0.4 is 0 Å². The fourth-order valence-electron chi connectivity index (χ4n) is 16.5. The molecule has 0 aliphatic heterocycles. The molecule has 0 fully saturated rings. The zero-order valence-electron chi connectivity index (χ0n) is 57.9. The van der Waals surface area contributed by atoms with Crippen molar-refractivity contribution in [3.63, 3.8) is 0 Å². The molecule has 0 N–H and O–H groups in total. The molecule has 0 aliphatic carbocycles. The quantitative estimate of drug-likeness (QED) is 0.108. The monoisotopic (exact) mass is 1350 g/mol. The summed E-state index contributed by atoms with van der Waals surface area (Å²) in [7, 11) is 0. The summed E-state index contributed by atoms with van der Waals surface area (Å²) >= 11 is 0. The molecule has 0 amide bonds. The van der Waals surface area contributed by atoms with Crippen molar-refractivity contribution in [3.8, 4) is 134 Å².